The van der Waals surface area contributed by atoms with Crippen molar-refractivity contribution in [2.24, 2.45) is 0 Å². The normalized spacial score (nSPS) is 12.9. The number of allylic oxidation sites excluding steroid dienone is 2. The van der Waals surface area contributed by atoms with Crippen molar-refractivity contribution in [3.8, 4) is 0 Å². The molecular weight excluding hydrogens is 873 g/mol. The first-order chi connectivity index (χ1) is 34.8. The van der Waals surface area contributed by atoms with Gasteiger partial charge in [0.1, 0.15) is 0 Å². The monoisotopic (exact) mass is 914 g/mol. The molecule has 2 aliphatic carbocycles. The molecule has 0 saturated carbocycles. The number of carbonyl (C=O) groups is 4. The quantitative estimate of drug-likeness (QED) is 0.100. The fourth-order valence-electron chi connectivity index (χ4n) is 9.86. The van der Waals surface area contributed by atoms with E-state index in [9.17, 15) is 19.2 Å². The lowest BCUT2D eigenvalue weighted by Crippen LogP contribution is -2.10. The third-order valence-electron chi connectivity index (χ3n) is 13.5. The van der Waals surface area contributed by atoms with Gasteiger partial charge in [-0.2, -0.15) is 0 Å². The number of Topliss-reactive ketones (excluding diaryl/α,β-unsaturated/α-hetero) is 4. The van der Waals surface area contributed by atoms with Gasteiger partial charge in [-0.25, -0.2) is 0 Å². The van der Waals surface area contributed by atoms with E-state index in [-0.39, 0.29) is 34.3 Å². The molecule has 10 aromatic rings. The third kappa shape index (κ3) is 8.03. The van der Waals surface area contributed by atoms with Crippen LogP contribution in [0.4, 0.5) is 34.1 Å². The Hall–Kier alpha value is -9.52. The number of para-hydroxylation sites is 2. The van der Waals surface area contributed by atoms with Crippen molar-refractivity contribution in [2.75, 3.05) is 9.80 Å². The van der Waals surface area contributed by atoms with Crippen molar-refractivity contribution in [1.29, 1.82) is 0 Å². The molecule has 0 aliphatic heterocycles. The third-order valence-corrected chi connectivity index (χ3v) is 13.5. The Morgan fingerprint density at radius 2 is 0.535 bits per heavy atom. The maximum Gasteiger partial charge on any atom is 0.197 e. The van der Waals surface area contributed by atoms with Crippen LogP contribution in [-0.4, -0.2) is 23.1 Å². The van der Waals surface area contributed by atoms with E-state index in [1.165, 1.54) is 0 Å². The number of hydrogen-bond donors (Lipinski definition) is 0. The molecule has 6 heteroatoms. The van der Waals surface area contributed by atoms with Gasteiger partial charge in [0.25, 0.3) is 0 Å². The Kier molecular flexibility index (Phi) is 10.8. The van der Waals surface area contributed by atoms with Crippen LogP contribution in [0.2, 0.25) is 0 Å². The summed E-state index contributed by atoms with van der Waals surface area (Å²) in [5.74, 6) is -0.969. The average Bonchev–Trinajstić information content (AvgIpc) is 3.78. The summed E-state index contributed by atoms with van der Waals surface area (Å²) < 4.78 is 0. The van der Waals surface area contributed by atoms with Crippen LogP contribution in [0.25, 0.3) is 33.7 Å². The average molecular weight is 915 g/mol. The van der Waals surface area contributed by atoms with Crippen LogP contribution < -0.4 is 9.80 Å². The molecule has 0 unspecified atom stereocenters. The maximum absolute atomic E-state index is 13.5. The Bertz CT molecular complexity index is 3450. The predicted molar refractivity (Wildman–Crippen MR) is 286 cm³/mol. The Morgan fingerprint density at radius 3 is 0.831 bits per heavy atom. The molecule has 0 aromatic heterocycles. The fourth-order valence-corrected chi connectivity index (χ4v) is 9.86. The summed E-state index contributed by atoms with van der Waals surface area (Å²) in [4.78, 5) is 58.3. The van der Waals surface area contributed by atoms with Gasteiger partial charge in [0, 0.05) is 56.4 Å². The van der Waals surface area contributed by atoms with Crippen molar-refractivity contribution in [1.82, 2.24) is 0 Å². The second-order valence-electron chi connectivity index (χ2n) is 18.0. The van der Waals surface area contributed by atoms with Crippen molar-refractivity contribution >= 4 is 91.0 Å². The molecule has 0 radical (unpaired) electrons. The SMILES string of the molecule is O=C1C(=Cc2ccc(N(c3ccccc3)c3ccc(Cc4ccc(N(c5ccccc5)c5ccc(C=C6C(=O)c7cc8ccccc8cc7C6=O)cc5)cc4)cc3)cc2)C(=O)c2cc3ccccc3cc21. The largest absolute Gasteiger partial charge is 0.311 e. The lowest BCUT2D eigenvalue weighted by molar-refractivity contribution is 0.0975. The summed E-state index contributed by atoms with van der Waals surface area (Å²) in [5.41, 5.74) is 11.9. The minimum Gasteiger partial charge on any atom is -0.311 e. The van der Waals surface area contributed by atoms with E-state index < -0.39 is 0 Å². The van der Waals surface area contributed by atoms with Gasteiger partial charge in [-0.15, -0.1) is 0 Å². The number of nitrogens with zero attached hydrogens (tertiary/aromatic N) is 2. The number of rotatable bonds is 10. The van der Waals surface area contributed by atoms with Gasteiger partial charge < -0.3 is 9.80 Å². The molecule has 0 saturated heterocycles. The summed E-state index contributed by atoms with van der Waals surface area (Å²) in [5, 5.41) is 3.74. The minimum absolute atomic E-state index is 0.182. The highest BCUT2D eigenvalue weighted by atomic mass is 16.2. The highest BCUT2D eigenvalue weighted by Crippen LogP contribution is 2.39. The van der Waals surface area contributed by atoms with Gasteiger partial charge in [0.2, 0.25) is 0 Å². The Morgan fingerprint density at radius 1 is 0.282 bits per heavy atom. The first kappa shape index (κ1) is 42.8. The summed E-state index contributed by atoms with van der Waals surface area (Å²) in [6.07, 6.45) is 4.14. The minimum atomic E-state index is -0.242. The Labute approximate surface area is 410 Å². The molecule has 0 heterocycles. The summed E-state index contributed by atoms with van der Waals surface area (Å²) in [6.45, 7) is 0. The topological polar surface area (TPSA) is 74.8 Å². The number of fused-ring (bicyclic) bond motifs is 4. The molecule has 0 atom stereocenters. The molecule has 0 fully saturated rings. The summed E-state index contributed by atoms with van der Waals surface area (Å²) in [7, 11) is 0. The summed E-state index contributed by atoms with van der Waals surface area (Å²) in [6, 6.07) is 76.3. The van der Waals surface area contributed by atoms with Gasteiger partial charge in [-0.1, -0.05) is 133 Å². The summed E-state index contributed by atoms with van der Waals surface area (Å²) >= 11 is 0. The molecule has 2 aliphatic rings. The number of hydrogen-bond acceptors (Lipinski definition) is 6. The lowest BCUT2D eigenvalue weighted by atomic mass is 10.0. The van der Waals surface area contributed by atoms with Gasteiger partial charge in [-0.3, -0.25) is 19.2 Å². The van der Waals surface area contributed by atoms with Crippen molar-refractivity contribution in [2.45, 2.75) is 6.42 Å². The van der Waals surface area contributed by atoms with E-state index in [0.29, 0.717) is 22.3 Å². The highest BCUT2D eigenvalue weighted by Gasteiger charge is 2.34. The van der Waals surface area contributed by atoms with Gasteiger partial charge in [-0.05, 0) is 159 Å². The van der Waals surface area contributed by atoms with Crippen molar-refractivity contribution < 1.29 is 19.2 Å². The maximum atomic E-state index is 13.5. The molecule has 0 amide bonds. The molecule has 12 rings (SSSR count). The number of benzene rings is 10. The molecule has 0 bridgehead atoms. The van der Waals surface area contributed by atoms with E-state index in [2.05, 4.69) is 82.6 Å². The van der Waals surface area contributed by atoms with Crippen LogP contribution >= 0.6 is 0 Å². The first-order valence-electron chi connectivity index (χ1n) is 23.6. The molecule has 0 N–H and O–H groups in total. The van der Waals surface area contributed by atoms with Crippen LogP contribution in [0.3, 0.4) is 0 Å². The predicted octanol–water partition coefficient (Wildman–Crippen LogP) is 15.4. The zero-order chi connectivity index (χ0) is 48.0. The van der Waals surface area contributed by atoms with E-state index in [4.69, 9.17) is 0 Å². The van der Waals surface area contributed by atoms with E-state index in [1.807, 2.05) is 158 Å². The smallest absolute Gasteiger partial charge is 0.197 e. The van der Waals surface area contributed by atoms with Crippen LogP contribution in [0.1, 0.15) is 63.7 Å². The van der Waals surface area contributed by atoms with E-state index in [0.717, 1.165) is 84.3 Å². The molecule has 71 heavy (non-hydrogen) atoms. The van der Waals surface area contributed by atoms with Gasteiger partial charge in [0.15, 0.2) is 23.1 Å². The van der Waals surface area contributed by atoms with E-state index >= 15 is 0 Å². The van der Waals surface area contributed by atoms with E-state index in [1.54, 1.807) is 12.2 Å². The zero-order valence-electron chi connectivity index (χ0n) is 38.3. The van der Waals surface area contributed by atoms with Crippen molar-refractivity contribution in [3.63, 3.8) is 0 Å². The second-order valence-corrected chi connectivity index (χ2v) is 18.0. The van der Waals surface area contributed by atoms with Crippen LogP contribution in [0.15, 0.2) is 242 Å². The van der Waals surface area contributed by atoms with Crippen LogP contribution in [0.5, 0.6) is 0 Å². The van der Waals surface area contributed by atoms with Crippen LogP contribution in [-0.2, 0) is 6.42 Å². The number of anilines is 6. The Balaban J connectivity index is 0.765. The second kappa shape index (κ2) is 17.9. The molecule has 6 nitrogen and oxygen atoms in total. The lowest BCUT2D eigenvalue weighted by Gasteiger charge is -2.26. The van der Waals surface area contributed by atoms with Crippen LogP contribution in [0, 0.1) is 0 Å². The molecule has 0 spiro atoms. The van der Waals surface area contributed by atoms with Crippen molar-refractivity contribution in [3.05, 3.63) is 286 Å². The fraction of sp³-hybridized carbons (Fsp3) is 0.0154. The standard InChI is InChI=1S/C65H42N2O4/c68-62-56-38-46-11-7-8-12-47(46)39-57(56)63(69)60(62)36-44-23-31-54(32-24-44)66(50-15-3-1-4-16-50)52-27-19-42(20-28-52)35-43-21-29-53(30-22-43)67(51-17-5-2-6-18-51)55-33-25-45(26-34-55)37-61-64(70)58-40-48-13-9-10-14-49(48)41-59(58)65(61)71/h1-34,36-41H,35H2. The first-order valence-corrected chi connectivity index (χ1v) is 23.6. The molecular formula is C65H42N2O4. The molecule has 336 valence electrons. The highest BCUT2D eigenvalue weighted by molar-refractivity contribution is 6.43. The molecule has 10 aromatic carbocycles. The van der Waals surface area contributed by atoms with Gasteiger partial charge in [0.05, 0.1) is 11.1 Å². The zero-order valence-corrected chi connectivity index (χ0v) is 38.3. The van der Waals surface area contributed by atoms with Gasteiger partial charge >= 0.3 is 0 Å². The number of ketones is 4. The number of carbonyl (C=O) groups excluding carboxylic acids is 4.